The Labute approximate surface area is 128 Å². The van der Waals surface area contributed by atoms with Crippen LogP contribution in [0.3, 0.4) is 0 Å². The Morgan fingerprint density at radius 1 is 1.32 bits per heavy atom. The Kier molecular flexibility index (Phi) is 3.81. The number of halogens is 3. The van der Waals surface area contributed by atoms with Crippen molar-refractivity contribution in [2.75, 3.05) is 18.0 Å². The highest BCUT2D eigenvalue weighted by atomic mass is 32.1. The zero-order valence-corrected chi connectivity index (χ0v) is 12.1. The van der Waals surface area contributed by atoms with Gasteiger partial charge in [-0.15, -0.1) is 0 Å². The van der Waals surface area contributed by atoms with Gasteiger partial charge in [0.15, 0.2) is 28.8 Å². The number of hydrogen-bond acceptors (Lipinski definition) is 6. The van der Waals surface area contributed by atoms with Crippen molar-refractivity contribution < 1.29 is 18.0 Å². The van der Waals surface area contributed by atoms with Gasteiger partial charge in [0, 0.05) is 37.7 Å². The van der Waals surface area contributed by atoms with E-state index in [1.165, 1.54) is 17.2 Å². The second-order valence-electron chi connectivity index (χ2n) is 4.95. The van der Waals surface area contributed by atoms with Crippen LogP contribution in [0.2, 0.25) is 0 Å². The number of aromatic nitrogens is 3. The van der Waals surface area contributed by atoms with Crippen LogP contribution in [0.15, 0.2) is 12.3 Å². The third kappa shape index (κ3) is 2.94. The van der Waals surface area contributed by atoms with Crippen molar-refractivity contribution in [2.45, 2.75) is 18.8 Å². The molecular formula is C13H11F3N4OS. The summed E-state index contributed by atoms with van der Waals surface area (Å²) >= 11 is 0.909. The van der Waals surface area contributed by atoms with Crippen molar-refractivity contribution in [3.8, 4) is 11.4 Å². The van der Waals surface area contributed by atoms with Crippen LogP contribution >= 0.6 is 11.5 Å². The summed E-state index contributed by atoms with van der Waals surface area (Å²) < 4.78 is 44.4. The smallest absolute Gasteiger partial charge is 0.251 e. The molecule has 1 fully saturated rings. The van der Waals surface area contributed by atoms with E-state index in [0.717, 1.165) is 11.5 Å². The lowest BCUT2D eigenvalue weighted by atomic mass is 10.1. The molecule has 22 heavy (non-hydrogen) atoms. The number of hydrogen-bond donors (Lipinski definition) is 0. The van der Waals surface area contributed by atoms with Crippen molar-refractivity contribution in [1.82, 2.24) is 14.3 Å². The molecule has 0 aromatic carbocycles. The fourth-order valence-corrected chi connectivity index (χ4v) is 2.73. The van der Waals surface area contributed by atoms with E-state index in [1.54, 1.807) is 0 Å². The predicted molar refractivity (Wildman–Crippen MR) is 74.9 cm³/mol. The second kappa shape index (κ2) is 5.64. The van der Waals surface area contributed by atoms with Crippen molar-refractivity contribution in [3.63, 3.8) is 0 Å². The van der Waals surface area contributed by atoms with Gasteiger partial charge in [0.2, 0.25) is 0 Å². The molecule has 0 spiro atoms. The van der Waals surface area contributed by atoms with Gasteiger partial charge in [0.1, 0.15) is 0 Å². The quantitative estimate of drug-likeness (QED) is 0.811. The molecule has 1 aliphatic rings. The minimum absolute atomic E-state index is 0.0464. The summed E-state index contributed by atoms with van der Waals surface area (Å²) in [6.45, 7) is 0.112. The monoisotopic (exact) mass is 328 g/mol. The number of piperidine rings is 1. The SMILES string of the molecule is O=Cc1nc(-c2cnc(N3CCC(F)(F)CC3)c(F)c2)ns1. The molecule has 0 radical (unpaired) electrons. The molecule has 116 valence electrons. The highest BCUT2D eigenvalue weighted by Gasteiger charge is 2.35. The van der Waals surface area contributed by atoms with Gasteiger partial charge >= 0.3 is 0 Å². The fourth-order valence-electron chi connectivity index (χ4n) is 2.23. The minimum atomic E-state index is -2.69. The third-order valence-corrected chi connectivity index (χ3v) is 4.06. The van der Waals surface area contributed by atoms with Gasteiger partial charge < -0.3 is 4.90 Å². The van der Waals surface area contributed by atoms with Crippen molar-refractivity contribution in [1.29, 1.82) is 0 Å². The lowest BCUT2D eigenvalue weighted by molar-refractivity contribution is -0.0222. The van der Waals surface area contributed by atoms with E-state index < -0.39 is 11.7 Å². The van der Waals surface area contributed by atoms with Crippen LogP contribution in [0, 0.1) is 5.82 Å². The standard InChI is InChI=1S/C13H11F3N4OS/c14-9-5-8(11-18-10(7-21)22-19-11)6-17-12(9)20-3-1-13(15,16)2-4-20/h5-7H,1-4H2. The van der Waals surface area contributed by atoms with E-state index in [2.05, 4.69) is 14.3 Å². The van der Waals surface area contributed by atoms with Crippen LogP contribution in [-0.4, -0.2) is 39.6 Å². The summed E-state index contributed by atoms with van der Waals surface area (Å²) in [7, 11) is 0. The van der Waals surface area contributed by atoms with Crippen LogP contribution in [0.5, 0.6) is 0 Å². The maximum Gasteiger partial charge on any atom is 0.251 e. The third-order valence-electron chi connectivity index (χ3n) is 3.42. The highest BCUT2D eigenvalue weighted by molar-refractivity contribution is 7.07. The summed E-state index contributed by atoms with van der Waals surface area (Å²) in [5, 5.41) is 0.192. The number of rotatable bonds is 3. The zero-order chi connectivity index (χ0) is 15.7. The molecule has 0 amide bonds. The van der Waals surface area contributed by atoms with E-state index in [-0.39, 0.29) is 42.6 Å². The van der Waals surface area contributed by atoms with Gasteiger partial charge in [0.05, 0.1) is 0 Å². The van der Waals surface area contributed by atoms with Gasteiger partial charge in [0.25, 0.3) is 5.92 Å². The Morgan fingerprint density at radius 3 is 2.64 bits per heavy atom. The first-order valence-electron chi connectivity index (χ1n) is 6.56. The van der Waals surface area contributed by atoms with Crippen molar-refractivity contribution in [2.24, 2.45) is 0 Å². The summed E-state index contributed by atoms with van der Waals surface area (Å²) in [6, 6.07) is 1.20. The van der Waals surface area contributed by atoms with Gasteiger partial charge in [-0.05, 0) is 17.6 Å². The zero-order valence-electron chi connectivity index (χ0n) is 11.3. The molecule has 2 aromatic heterocycles. The van der Waals surface area contributed by atoms with Crippen LogP contribution in [0.4, 0.5) is 19.0 Å². The maximum absolute atomic E-state index is 14.2. The first kappa shape index (κ1) is 14.9. The Morgan fingerprint density at radius 2 is 2.05 bits per heavy atom. The molecule has 9 heteroatoms. The number of carbonyl (C=O) groups excluding carboxylic acids is 1. The minimum Gasteiger partial charge on any atom is -0.354 e. The van der Waals surface area contributed by atoms with E-state index in [0.29, 0.717) is 11.8 Å². The average Bonchev–Trinajstić information content (AvgIpc) is 2.97. The summed E-state index contributed by atoms with van der Waals surface area (Å²) in [5.74, 6) is -3.05. The number of anilines is 1. The Bertz CT molecular complexity index is 696. The Balaban J connectivity index is 1.82. The van der Waals surface area contributed by atoms with Gasteiger partial charge in [-0.2, -0.15) is 4.37 Å². The topological polar surface area (TPSA) is 59.0 Å². The number of pyridine rings is 1. The first-order valence-corrected chi connectivity index (χ1v) is 7.33. The molecule has 1 saturated heterocycles. The molecule has 3 rings (SSSR count). The van der Waals surface area contributed by atoms with Crippen LogP contribution in [0.25, 0.3) is 11.4 Å². The molecule has 0 unspecified atom stereocenters. The maximum atomic E-state index is 14.2. The molecule has 3 heterocycles. The molecule has 2 aromatic rings. The molecule has 0 saturated carbocycles. The highest BCUT2D eigenvalue weighted by Crippen LogP contribution is 2.31. The predicted octanol–water partition coefficient (Wildman–Crippen LogP) is 2.79. The molecule has 0 bridgehead atoms. The average molecular weight is 328 g/mol. The largest absolute Gasteiger partial charge is 0.354 e. The number of alkyl halides is 2. The lowest BCUT2D eigenvalue weighted by Crippen LogP contribution is -2.40. The molecule has 5 nitrogen and oxygen atoms in total. The number of carbonyl (C=O) groups is 1. The summed E-state index contributed by atoms with van der Waals surface area (Å²) in [4.78, 5) is 20.0. The number of aldehydes is 1. The second-order valence-corrected chi connectivity index (χ2v) is 5.73. The van der Waals surface area contributed by atoms with E-state index >= 15 is 0 Å². The van der Waals surface area contributed by atoms with Crippen LogP contribution in [0.1, 0.15) is 22.6 Å². The summed E-state index contributed by atoms with van der Waals surface area (Å²) in [6.07, 6.45) is 1.31. The van der Waals surface area contributed by atoms with E-state index in [1.807, 2.05) is 0 Å². The fraction of sp³-hybridized carbons (Fsp3) is 0.385. The van der Waals surface area contributed by atoms with Gasteiger partial charge in [-0.1, -0.05) is 0 Å². The summed E-state index contributed by atoms with van der Waals surface area (Å²) in [5.41, 5.74) is 0.341. The molecular weight excluding hydrogens is 317 g/mol. The van der Waals surface area contributed by atoms with Crippen LogP contribution in [-0.2, 0) is 0 Å². The normalized spacial score (nSPS) is 17.5. The first-order chi connectivity index (χ1) is 10.5. The van der Waals surface area contributed by atoms with E-state index in [4.69, 9.17) is 0 Å². The van der Waals surface area contributed by atoms with Crippen LogP contribution < -0.4 is 4.90 Å². The molecule has 0 aliphatic carbocycles. The van der Waals surface area contributed by atoms with Crippen molar-refractivity contribution in [3.05, 3.63) is 23.1 Å². The molecule has 0 atom stereocenters. The lowest BCUT2D eigenvalue weighted by Gasteiger charge is -2.32. The Hall–Kier alpha value is -2.03. The molecule has 0 N–H and O–H groups in total. The number of nitrogens with zero attached hydrogens (tertiary/aromatic N) is 4. The van der Waals surface area contributed by atoms with Gasteiger partial charge in [-0.25, -0.2) is 23.1 Å². The van der Waals surface area contributed by atoms with E-state index in [9.17, 15) is 18.0 Å². The van der Waals surface area contributed by atoms with Crippen molar-refractivity contribution >= 4 is 23.6 Å². The molecule has 1 aliphatic heterocycles. The van der Waals surface area contributed by atoms with Gasteiger partial charge in [-0.3, -0.25) is 4.79 Å².